The number of urea groups is 1. The zero-order valence-electron chi connectivity index (χ0n) is 19.2. The summed E-state index contributed by atoms with van der Waals surface area (Å²) in [7, 11) is 3.99. The van der Waals surface area contributed by atoms with Gasteiger partial charge in [0, 0.05) is 38.1 Å². The molecular formula is C25H32N6OS. The summed E-state index contributed by atoms with van der Waals surface area (Å²) in [6.07, 6.45) is 4.47. The lowest BCUT2D eigenvalue weighted by Gasteiger charge is -2.34. The summed E-state index contributed by atoms with van der Waals surface area (Å²) in [5, 5.41) is 7.54. The molecule has 2 amide bonds. The predicted molar refractivity (Wildman–Crippen MR) is 138 cm³/mol. The molecule has 0 unspecified atom stereocenters. The van der Waals surface area contributed by atoms with Gasteiger partial charge in [0.25, 0.3) is 0 Å². The van der Waals surface area contributed by atoms with E-state index in [0.29, 0.717) is 12.5 Å². The molecule has 4 rings (SSSR count). The average molecular weight is 465 g/mol. The highest BCUT2D eigenvalue weighted by Gasteiger charge is 2.27. The zero-order valence-corrected chi connectivity index (χ0v) is 20.1. The van der Waals surface area contributed by atoms with Crippen molar-refractivity contribution in [3.05, 3.63) is 60.2 Å². The Hall–Kier alpha value is -3.00. The molecule has 3 aromatic rings. The standard InChI is InChI=1S/C25H32N6OS/c1-30(2)23-21-10-6-7-11-22(21)28-24(29-23)27-19-12-14-20(15-13-19)31(33)25(32)26-17-16-18-8-4-3-5-9-18/h3-11,19-20,33H,12-17H2,1-2H3,(H,26,32)(H,27,28,29). The first-order chi connectivity index (χ1) is 16.0. The molecule has 2 N–H and O–H groups in total. The fourth-order valence-corrected chi connectivity index (χ4v) is 4.62. The number of para-hydroxylation sites is 1. The average Bonchev–Trinajstić information content (AvgIpc) is 2.84. The molecule has 0 bridgehead atoms. The van der Waals surface area contributed by atoms with Crippen LogP contribution in [0.3, 0.4) is 0 Å². The highest BCUT2D eigenvalue weighted by atomic mass is 32.1. The maximum absolute atomic E-state index is 12.5. The van der Waals surface area contributed by atoms with Crippen LogP contribution in [-0.2, 0) is 6.42 Å². The first-order valence-corrected chi connectivity index (χ1v) is 11.9. The van der Waals surface area contributed by atoms with Crippen LogP contribution in [0.5, 0.6) is 0 Å². The van der Waals surface area contributed by atoms with Gasteiger partial charge in [0.2, 0.25) is 5.95 Å². The molecule has 174 valence electrons. The number of fused-ring (bicyclic) bond motifs is 1. The molecule has 0 aliphatic heterocycles. The molecule has 0 saturated heterocycles. The Balaban J connectivity index is 1.28. The van der Waals surface area contributed by atoms with E-state index >= 15 is 0 Å². The lowest BCUT2D eigenvalue weighted by Crippen LogP contribution is -2.44. The summed E-state index contributed by atoms with van der Waals surface area (Å²) in [4.78, 5) is 24.0. The van der Waals surface area contributed by atoms with E-state index < -0.39 is 0 Å². The molecule has 0 spiro atoms. The minimum atomic E-state index is -0.126. The Morgan fingerprint density at radius 3 is 2.42 bits per heavy atom. The second-order valence-electron chi connectivity index (χ2n) is 8.74. The van der Waals surface area contributed by atoms with E-state index in [1.165, 1.54) is 5.56 Å². The smallest absolute Gasteiger partial charge is 0.327 e. The Morgan fingerprint density at radius 1 is 1.00 bits per heavy atom. The predicted octanol–water partition coefficient (Wildman–Crippen LogP) is 4.52. The van der Waals surface area contributed by atoms with Crippen molar-refractivity contribution in [2.24, 2.45) is 0 Å². The molecule has 1 heterocycles. The first-order valence-electron chi connectivity index (χ1n) is 11.5. The molecule has 0 radical (unpaired) electrons. The van der Waals surface area contributed by atoms with E-state index in [2.05, 4.69) is 35.6 Å². The number of carbonyl (C=O) groups is 1. The van der Waals surface area contributed by atoms with Crippen molar-refractivity contribution in [1.82, 2.24) is 19.6 Å². The van der Waals surface area contributed by atoms with Gasteiger partial charge >= 0.3 is 6.03 Å². The topological polar surface area (TPSA) is 73.4 Å². The third kappa shape index (κ3) is 5.87. The lowest BCUT2D eigenvalue weighted by molar-refractivity contribution is 0.204. The molecule has 8 heteroatoms. The minimum Gasteiger partial charge on any atom is -0.362 e. The van der Waals surface area contributed by atoms with Gasteiger partial charge in [-0.15, -0.1) is 0 Å². The van der Waals surface area contributed by atoms with Crippen LogP contribution in [0.25, 0.3) is 10.9 Å². The van der Waals surface area contributed by atoms with E-state index in [9.17, 15) is 4.79 Å². The normalized spacial score (nSPS) is 18.0. The molecule has 1 fully saturated rings. The van der Waals surface area contributed by atoms with Crippen molar-refractivity contribution >= 4 is 41.5 Å². The van der Waals surface area contributed by atoms with E-state index in [-0.39, 0.29) is 18.1 Å². The fourth-order valence-electron chi connectivity index (χ4n) is 4.32. The Morgan fingerprint density at radius 2 is 1.70 bits per heavy atom. The zero-order chi connectivity index (χ0) is 23.2. The minimum absolute atomic E-state index is 0.123. The second kappa shape index (κ2) is 10.7. The number of nitrogens with zero attached hydrogens (tertiary/aromatic N) is 4. The number of nitrogens with one attached hydrogen (secondary N) is 2. The Kier molecular flexibility index (Phi) is 7.54. The van der Waals surface area contributed by atoms with Crippen molar-refractivity contribution in [1.29, 1.82) is 0 Å². The second-order valence-corrected chi connectivity index (χ2v) is 9.18. The van der Waals surface area contributed by atoms with Crippen LogP contribution >= 0.6 is 12.8 Å². The maximum Gasteiger partial charge on any atom is 0.327 e. The summed E-state index contributed by atoms with van der Waals surface area (Å²) in [6, 6.07) is 18.5. The number of hydrogen-bond acceptors (Lipinski definition) is 6. The van der Waals surface area contributed by atoms with Gasteiger partial charge in [-0.3, -0.25) is 4.31 Å². The van der Waals surface area contributed by atoms with Crippen LogP contribution < -0.4 is 15.5 Å². The molecule has 33 heavy (non-hydrogen) atoms. The van der Waals surface area contributed by atoms with Gasteiger partial charge in [-0.25, -0.2) is 9.78 Å². The quantitative estimate of drug-likeness (QED) is 0.449. The SMILES string of the molecule is CN(C)c1nc(NC2CCC(N(S)C(=O)NCCc3ccccc3)CC2)nc2ccccc12. The van der Waals surface area contributed by atoms with Crippen LogP contribution in [0.4, 0.5) is 16.6 Å². The monoisotopic (exact) mass is 464 g/mol. The van der Waals surface area contributed by atoms with Crippen molar-refractivity contribution in [2.75, 3.05) is 30.9 Å². The molecule has 1 aliphatic rings. The summed E-state index contributed by atoms with van der Waals surface area (Å²) in [5.74, 6) is 1.56. The third-order valence-electron chi connectivity index (χ3n) is 6.12. The molecule has 2 aromatic carbocycles. The molecule has 1 aromatic heterocycles. The van der Waals surface area contributed by atoms with E-state index in [4.69, 9.17) is 9.97 Å². The highest BCUT2D eigenvalue weighted by Crippen LogP contribution is 2.28. The largest absolute Gasteiger partial charge is 0.362 e. The first kappa shape index (κ1) is 23.2. The van der Waals surface area contributed by atoms with Crippen molar-refractivity contribution < 1.29 is 4.79 Å². The van der Waals surface area contributed by atoms with Gasteiger partial charge in [-0.05, 0) is 49.8 Å². The number of benzene rings is 2. The van der Waals surface area contributed by atoms with E-state index in [1.54, 1.807) is 4.31 Å². The van der Waals surface area contributed by atoms with Gasteiger partial charge in [0.15, 0.2) is 0 Å². The molecule has 1 aliphatic carbocycles. The molecule has 0 atom stereocenters. The van der Waals surface area contributed by atoms with Crippen molar-refractivity contribution in [3.8, 4) is 0 Å². The summed E-state index contributed by atoms with van der Waals surface area (Å²) >= 11 is 4.50. The number of aromatic nitrogens is 2. The van der Waals surface area contributed by atoms with Crippen LogP contribution in [-0.4, -0.2) is 53.0 Å². The number of carbonyl (C=O) groups excluding carboxylic acids is 1. The third-order valence-corrected chi connectivity index (χ3v) is 6.63. The van der Waals surface area contributed by atoms with Gasteiger partial charge in [-0.1, -0.05) is 55.3 Å². The van der Waals surface area contributed by atoms with Crippen LogP contribution in [0.1, 0.15) is 31.2 Å². The Labute approximate surface area is 201 Å². The van der Waals surface area contributed by atoms with Gasteiger partial charge in [0.1, 0.15) is 5.82 Å². The van der Waals surface area contributed by atoms with Gasteiger partial charge in [-0.2, -0.15) is 4.98 Å². The molecular weight excluding hydrogens is 432 g/mol. The summed E-state index contributed by atoms with van der Waals surface area (Å²) in [5.41, 5.74) is 2.14. The number of rotatable bonds is 7. The Bertz CT molecular complexity index is 1070. The van der Waals surface area contributed by atoms with E-state index in [1.807, 2.05) is 61.5 Å². The fraction of sp³-hybridized carbons (Fsp3) is 0.400. The molecule has 1 saturated carbocycles. The van der Waals surface area contributed by atoms with Crippen molar-refractivity contribution in [2.45, 2.75) is 44.2 Å². The van der Waals surface area contributed by atoms with Crippen LogP contribution in [0, 0.1) is 0 Å². The number of thiol groups is 1. The maximum atomic E-state index is 12.5. The number of anilines is 2. The lowest BCUT2D eigenvalue weighted by atomic mass is 9.91. The van der Waals surface area contributed by atoms with Gasteiger partial charge < -0.3 is 15.5 Å². The summed E-state index contributed by atoms with van der Waals surface area (Å²) < 4.78 is 1.57. The van der Waals surface area contributed by atoms with E-state index in [0.717, 1.165) is 48.8 Å². The van der Waals surface area contributed by atoms with Crippen molar-refractivity contribution in [3.63, 3.8) is 0 Å². The highest BCUT2D eigenvalue weighted by molar-refractivity contribution is 7.78. The van der Waals surface area contributed by atoms with Crippen LogP contribution in [0.2, 0.25) is 0 Å². The number of amides is 2. The van der Waals surface area contributed by atoms with Crippen LogP contribution in [0.15, 0.2) is 54.6 Å². The molecule has 7 nitrogen and oxygen atoms in total. The van der Waals surface area contributed by atoms with Gasteiger partial charge in [0.05, 0.1) is 5.52 Å². The number of hydrogen-bond donors (Lipinski definition) is 3. The summed E-state index contributed by atoms with van der Waals surface area (Å²) in [6.45, 7) is 0.602.